The van der Waals surface area contributed by atoms with Gasteiger partial charge in [-0.05, 0) is 0 Å². The number of hydrogen-bond acceptors (Lipinski definition) is 2. The standard InChI is InChI=1S/C8H7B7N2/c1-3(2)8-16-5-4-6(12-15-14-9-4)10-11-7(5)13-17-8/h3H,1-2H3. The molecular formula is C8H7B7N2. The van der Waals surface area contributed by atoms with Crippen LogP contribution in [0.3, 0.4) is 0 Å². The Morgan fingerprint density at radius 2 is 1.71 bits per heavy atom. The van der Waals surface area contributed by atoms with Gasteiger partial charge in [0.05, 0.1) is 0 Å². The molecule has 0 aliphatic heterocycles. The number of nitrogens with zero attached hydrogens (tertiary/aromatic N) is 2. The summed E-state index contributed by atoms with van der Waals surface area (Å²) in [6.45, 7) is 16.8. The number of rotatable bonds is 1. The quantitative estimate of drug-likeness (QED) is 0.491. The Bertz CT molecular complexity index is 702. The summed E-state index contributed by atoms with van der Waals surface area (Å²) < 4.78 is 0. The molecule has 0 saturated heterocycles. The molecular weight excluding hydrogens is 200 g/mol. The molecule has 0 amide bonds. The molecule has 0 radical (unpaired) electrons. The van der Waals surface area contributed by atoms with Gasteiger partial charge >= 0.3 is 104 Å². The molecule has 0 unspecified atom stereocenters. The molecule has 0 atom stereocenters. The van der Waals surface area contributed by atoms with Crippen LogP contribution in [0.5, 0.6) is 0 Å². The van der Waals surface area contributed by atoms with Crippen LogP contribution in [-0.2, 0) is 0 Å². The van der Waals surface area contributed by atoms with Crippen LogP contribution in [0.2, 0.25) is 0 Å². The molecule has 17 heavy (non-hydrogen) atoms. The summed E-state index contributed by atoms with van der Waals surface area (Å²) in [6, 6.07) is 0. The van der Waals surface area contributed by atoms with Crippen molar-refractivity contribution < 1.29 is 0 Å². The maximum absolute atomic E-state index is 4.69. The Morgan fingerprint density at radius 3 is 2.53 bits per heavy atom. The molecule has 3 rings (SSSR count). The van der Waals surface area contributed by atoms with Crippen LogP contribution in [-0.4, -0.2) is 57.5 Å². The second-order valence-electron chi connectivity index (χ2n) is 4.61. The average molecular weight is 207 g/mol. The molecule has 2 nitrogen and oxygen atoms in total. The summed E-state index contributed by atoms with van der Waals surface area (Å²) in [6.07, 6.45) is 0. The van der Waals surface area contributed by atoms with E-state index in [9.17, 15) is 0 Å². The first kappa shape index (κ1) is 11.5. The van der Waals surface area contributed by atoms with Gasteiger partial charge in [-0.15, -0.1) is 0 Å². The van der Waals surface area contributed by atoms with E-state index < -0.39 is 0 Å². The van der Waals surface area contributed by atoms with Gasteiger partial charge in [0.15, 0.2) is 0 Å². The Hall–Kier alpha value is -0.595. The van der Waals surface area contributed by atoms with Gasteiger partial charge in [-0.25, -0.2) is 0 Å². The van der Waals surface area contributed by atoms with Gasteiger partial charge in [-0.2, -0.15) is 0 Å². The van der Waals surface area contributed by atoms with Gasteiger partial charge < -0.3 is 0 Å². The molecule has 0 N–H and O–H groups in total. The fraction of sp³-hybridized carbons (Fsp3) is 0.375. The minimum atomic E-state index is 0.360. The second-order valence-corrected chi connectivity index (χ2v) is 4.61. The molecule has 3 aromatic rings. The maximum atomic E-state index is 4.69. The van der Waals surface area contributed by atoms with E-state index in [2.05, 4.69) is 59.3 Å². The van der Waals surface area contributed by atoms with E-state index in [0.717, 1.165) is 16.5 Å². The van der Waals surface area contributed by atoms with Crippen LogP contribution in [0.25, 0.3) is 21.2 Å². The molecule has 0 fully saturated rings. The monoisotopic (exact) mass is 208 g/mol. The van der Waals surface area contributed by atoms with Crippen molar-refractivity contribution in [1.82, 2.24) is 9.88 Å². The van der Waals surface area contributed by atoms with Crippen LogP contribution in [0.1, 0.15) is 25.6 Å². The van der Waals surface area contributed by atoms with E-state index in [4.69, 9.17) is 4.98 Å². The summed E-state index contributed by atoms with van der Waals surface area (Å²) >= 11 is 0. The number of aromatic nitrogens is 2. The molecule has 3 heterocycles. The average Bonchev–Trinajstić information content (AvgIpc) is 2.38. The van der Waals surface area contributed by atoms with E-state index in [1.54, 1.807) is 0 Å². The molecule has 0 saturated carbocycles. The summed E-state index contributed by atoms with van der Waals surface area (Å²) in [4.78, 5) is 9.09. The summed E-state index contributed by atoms with van der Waals surface area (Å²) in [7, 11) is 1.92. The van der Waals surface area contributed by atoms with Crippen molar-refractivity contribution in [3.05, 3.63) is 5.82 Å². The zero-order valence-electron chi connectivity index (χ0n) is 10.0. The van der Waals surface area contributed by atoms with Gasteiger partial charge in [-0.3, -0.25) is 0 Å². The molecule has 0 bridgehead atoms. The topological polar surface area (TPSA) is 25.8 Å². The Balaban J connectivity index is 2.42. The Kier molecular flexibility index (Phi) is 3.10. The van der Waals surface area contributed by atoms with Crippen LogP contribution in [0.4, 0.5) is 0 Å². The van der Waals surface area contributed by atoms with Gasteiger partial charge in [0, 0.05) is 0 Å². The van der Waals surface area contributed by atoms with Crippen LogP contribution in [0, 0.1) is 0 Å². The third-order valence-electron chi connectivity index (χ3n) is 3.01. The van der Waals surface area contributed by atoms with Crippen LogP contribution >= 0.6 is 0 Å². The zero-order valence-corrected chi connectivity index (χ0v) is 10.0. The molecule has 3 aromatic heterocycles. The summed E-state index contributed by atoms with van der Waals surface area (Å²) in [5.41, 5.74) is 1.06. The Morgan fingerprint density at radius 1 is 0.941 bits per heavy atom. The molecule has 0 aliphatic carbocycles. The third kappa shape index (κ3) is 2.09. The molecule has 70 valence electrons. The first-order chi connectivity index (χ1) is 8.25. The fourth-order valence-electron chi connectivity index (χ4n) is 2.06. The van der Waals surface area contributed by atoms with Crippen molar-refractivity contribution in [2.24, 2.45) is 0 Å². The SMILES string of the molecule is CC(C)c1nbc2bbc3bbbbc3c2n1. The van der Waals surface area contributed by atoms with Crippen molar-refractivity contribution in [3.63, 3.8) is 0 Å². The Labute approximate surface area is 104 Å². The fourth-order valence-corrected chi connectivity index (χ4v) is 2.06. The van der Waals surface area contributed by atoms with Crippen molar-refractivity contribution in [2.45, 2.75) is 19.8 Å². The minimum absolute atomic E-state index is 0.360. The summed E-state index contributed by atoms with van der Waals surface area (Å²) in [5.74, 6) is 1.27. The normalized spacial score (nSPS) is 9.82. The van der Waals surface area contributed by atoms with Crippen molar-refractivity contribution in [1.29, 1.82) is 0 Å². The molecule has 0 aromatic carbocycles. The molecule has 0 spiro atoms. The molecule has 0 aliphatic rings. The third-order valence-corrected chi connectivity index (χ3v) is 3.01. The van der Waals surface area contributed by atoms with E-state index in [1.807, 2.05) is 7.05 Å². The van der Waals surface area contributed by atoms with E-state index in [-0.39, 0.29) is 0 Å². The van der Waals surface area contributed by atoms with Crippen LogP contribution in [0.15, 0.2) is 0 Å². The number of fused-ring (bicyclic) bond motifs is 3. The first-order valence-electron chi connectivity index (χ1n) is 5.90. The van der Waals surface area contributed by atoms with Gasteiger partial charge in [0.1, 0.15) is 0 Å². The van der Waals surface area contributed by atoms with Crippen LogP contribution < -0.4 is 0 Å². The predicted molar refractivity (Wildman–Crippen MR) is 80.6 cm³/mol. The van der Waals surface area contributed by atoms with Crippen molar-refractivity contribution in [3.8, 4) is 0 Å². The second kappa shape index (κ2) is 4.58. The van der Waals surface area contributed by atoms with Gasteiger partial charge in [0.2, 0.25) is 0 Å². The van der Waals surface area contributed by atoms with Crippen molar-refractivity contribution in [2.75, 3.05) is 0 Å². The van der Waals surface area contributed by atoms with E-state index >= 15 is 0 Å². The molecule has 9 heteroatoms. The van der Waals surface area contributed by atoms with Gasteiger partial charge in [0.25, 0.3) is 0 Å². The number of hydrogen-bond donors (Lipinski definition) is 0. The van der Waals surface area contributed by atoms with Crippen molar-refractivity contribution >= 4 is 68.8 Å². The summed E-state index contributed by atoms with van der Waals surface area (Å²) in [5, 5.41) is 3.54. The van der Waals surface area contributed by atoms with E-state index in [0.29, 0.717) is 5.92 Å². The van der Waals surface area contributed by atoms with Gasteiger partial charge in [-0.1, -0.05) is 0 Å². The zero-order chi connectivity index (χ0) is 11.8. The predicted octanol–water partition coefficient (Wildman–Crippen LogP) is -0.727. The first-order valence-corrected chi connectivity index (χ1v) is 5.90. The van der Waals surface area contributed by atoms with E-state index in [1.165, 1.54) is 10.5 Å².